The summed E-state index contributed by atoms with van der Waals surface area (Å²) in [5.41, 5.74) is 0. The summed E-state index contributed by atoms with van der Waals surface area (Å²) in [6.07, 6.45) is 0.148. The van der Waals surface area contributed by atoms with E-state index >= 15 is 0 Å². The maximum Gasteiger partial charge on any atom is 0.165 e. The Labute approximate surface area is 96.5 Å². The summed E-state index contributed by atoms with van der Waals surface area (Å²) in [7, 11) is 1.64. The second-order valence-electron chi connectivity index (χ2n) is 3.02. The molecule has 0 aliphatic carbocycles. The lowest BCUT2D eigenvalue weighted by Crippen LogP contribution is -2.30. The van der Waals surface area contributed by atoms with Gasteiger partial charge in [-0.15, -0.1) is 0 Å². The van der Waals surface area contributed by atoms with Gasteiger partial charge in [-0.3, -0.25) is 0 Å². The van der Waals surface area contributed by atoms with Gasteiger partial charge in [-0.25, -0.2) is 0 Å². The van der Waals surface area contributed by atoms with Crippen LogP contribution >= 0.6 is 22.6 Å². The van der Waals surface area contributed by atoms with Crippen LogP contribution in [0.2, 0.25) is 0 Å². The maximum absolute atomic E-state index is 5.71. The molecule has 1 aromatic carbocycles. The number of hydrogen-bond acceptors (Lipinski definition) is 3. The number of benzene rings is 1. The van der Waals surface area contributed by atoms with Crippen molar-refractivity contribution in [1.29, 1.82) is 0 Å². The van der Waals surface area contributed by atoms with E-state index in [4.69, 9.17) is 14.2 Å². The van der Waals surface area contributed by atoms with E-state index in [1.807, 2.05) is 18.2 Å². The van der Waals surface area contributed by atoms with Crippen LogP contribution in [0.5, 0.6) is 17.2 Å². The normalized spacial score (nSPS) is 19.1. The Morgan fingerprint density at radius 3 is 3.07 bits per heavy atom. The minimum atomic E-state index is 0.148. The van der Waals surface area contributed by atoms with Gasteiger partial charge in [0.15, 0.2) is 11.5 Å². The first-order valence-corrected chi connectivity index (χ1v) is 5.89. The highest BCUT2D eigenvalue weighted by molar-refractivity contribution is 14.1. The van der Waals surface area contributed by atoms with Gasteiger partial charge < -0.3 is 14.2 Å². The standard InChI is InChI=1S/C10H11IO3/c1-12-7-2-3-9-10(4-7)14-8(5-11)6-13-9/h2-4,8H,5-6H2,1H3. The van der Waals surface area contributed by atoms with Gasteiger partial charge in [0.25, 0.3) is 0 Å². The zero-order valence-corrected chi connectivity index (χ0v) is 9.98. The zero-order chi connectivity index (χ0) is 9.97. The predicted molar refractivity (Wildman–Crippen MR) is 61.8 cm³/mol. The molecule has 0 spiro atoms. The Morgan fingerprint density at radius 1 is 1.50 bits per heavy atom. The molecule has 1 aromatic rings. The fourth-order valence-corrected chi connectivity index (χ4v) is 1.73. The topological polar surface area (TPSA) is 27.7 Å². The second kappa shape index (κ2) is 4.25. The van der Waals surface area contributed by atoms with Crippen LogP contribution in [0.15, 0.2) is 18.2 Å². The van der Waals surface area contributed by atoms with E-state index in [1.54, 1.807) is 7.11 Å². The fraction of sp³-hybridized carbons (Fsp3) is 0.400. The first kappa shape index (κ1) is 9.89. The number of ether oxygens (including phenoxy) is 3. The Balaban J connectivity index is 2.25. The molecule has 0 amide bonds. The first-order chi connectivity index (χ1) is 6.83. The molecule has 1 aliphatic rings. The van der Waals surface area contributed by atoms with Gasteiger partial charge in [0.2, 0.25) is 0 Å². The molecule has 3 nitrogen and oxygen atoms in total. The van der Waals surface area contributed by atoms with Crippen molar-refractivity contribution in [3.05, 3.63) is 18.2 Å². The fourth-order valence-electron chi connectivity index (χ4n) is 1.30. The quantitative estimate of drug-likeness (QED) is 0.620. The van der Waals surface area contributed by atoms with Crippen LogP contribution in [0.1, 0.15) is 0 Å². The SMILES string of the molecule is COc1ccc2c(c1)OC(CI)CO2. The van der Waals surface area contributed by atoms with Crippen molar-refractivity contribution in [2.24, 2.45) is 0 Å². The van der Waals surface area contributed by atoms with Gasteiger partial charge >= 0.3 is 0 Å². The van der Waals surface area contributed by atoms with Crippen molar-refractivity contribution in [3.8, 4) is 17.2 Å². The number of rotatable bonds is 2. The number of methoxy groups -OCH3 is 1. The minimum Gasteiger partial charge on any atom is -0.497 e. The van der Waals surface area contributed by atoms with Crippen LogP contribution in [-0.2, 0) is 0 Å². The molecule has 1 heterocycles. The van der Waals surface area contributed by atoms with Crippen LogP contribution < -0.4 is 14.2 Å². The van der Waals surface area contributed by atoms with Gasteiger partial charge in [0.05, 0.1) is 7.11 Å². The second-order valence-corrected chi connectivity index (χ2v) is 3.90. The van der Waals surface area contributed by atoms with E-state index in [0.29, 0.717) is 6.61 Å². The van der Waals surface area contributed by atoms with Gasteiger partial charge in [0.1, 0.15) is 18.5 Å². The van der Waals surface area contributed by atoms with Crippen molar-refractivity contribution >= 4 is 22.6 Å². The summed E-state index contributed by atoms with van der Waals surface area (Å²) >= 11 is 2.29. The zero-order valence-electron chi connectivity index (χ0n) is 7.83. The maximum atomic E-state index is 5.71. The molecule has 0 saturated carbocycles. The molecule has 4 heteroatoms. The molecular formula is C10H11IO3. The van der Waals surface area contributed by atoms with Gasteiger partial charge in [0, 0.05) is 10.5 Å². The van der Waals surface area contributed by atoms with Crippen molar-refractivity contribution in [1.82, 2.24) is 0 Å². The summed E-state index contributed by atoms with van der Waals surface area (Å²) in [5.74, 6) is 2.37. The van der Waals surface area contributed by atoms with Crippen LogP contribution in [0, 0.1) is 0 Å². The summed E-state index contributed by atoms with van der Waals surface area (Å²) in [6.45, 7) is 0.627. The lowest BCUT2D eigenvalue weighted by atomic mass is 10.2. The van der Waals surface area contributed by atoms with Crippen LogP contribution in [-0.4, -0.2) is 24.2 Å². The molecule has 0 radical (unpaired) electrons. The summed E-state index contributed by atoms with van der Waals surface area (Å²) in [5, 5.41) is 0. The largest absolute Gasteiger partial charge is 0.497 e. The highest BCUT2D eigenvalue weighted by Crippen LogP contribution is 2.35. The Morgan fingerprint density at radius 2 is 2.36 bits per heavy atom. The first-order valence-electron chi connectivity index (χ1n) is 4.37. The molecule has 2 rings (SSSR count). The Hall–Kier alpha value is -0.650. The smallest absolute Gasteiger partial charge is 0.165 e. The van der Waals surface area contributed by atoms with Crippen molar-refractivity contribution in [2.45, 2.75) is 6.10 Å². The number of alkyl halides is 1. The molecule has 1 aliphatic heterocycles. The van der Waals surface area contributed by atoms with Crippen molar-refractivity contribution in [3.63, 3.8) is 0 Å². The minimum absolute atomic E-state index is 0.148. The Kier molecular flexibility index (Phi) is 3.00. The van der Waals surface area contributed by atoms with Crippen molar-refractivity contribution < 1.29 is 14.2 Å². The summed E-state index contributed by atoms with van der Waals surface area (Å²) in [6, 6.07) is 5.60. The van der Waals surface area contributed by atoms with Crippen LogP contribution in [0.4, 0.5) is 0 Å². The lowest BCUT2D eigenvalue weighted by Gasteiger charge is -2.25. The van der Waals surface area contributed by atoms with E-state index in [0.717, 1.165) is 21.7 Å². The molecule has 0 bridgehead atoms. The van der Waals surface area contributed by atoms with Gasteiger partial charge in [-0.1, -0.05) is 22.6 Å². The average Bonchev–Trinajstić information content (AvgIpc) is 2.27. The van der Waals surface area contributed by atoms with E-state index in [-0.39, 0.29) is 6.10 Å². The predicted octanol–water partition coefficient (Wildman–Crippen LogP) is 2.27. The van der Waals surface area contributed by atoms with E-state index in [1.165, 1.54) is 0 Å². The molecular weight excluding hydrogens is 295 g/mol. The summed E-state index contributed by atoms with van der Waals surface area (Å²) < 4.78 is 17.3. The highest BCUT2D eigenvalue weighted by Gasteiger charge is 2.20. The number of halogens is 1. The van der Waals surface area contributed by atoms with E-state index in [9.17, 15) is 0 Å². The summed E-state index contributed by atoms with van der Waals surface area (Å²) in [4.78, 5) is 0. The number of fused-ring (bicyclic) bond motifs is 1. The molecule has 0 fully saturated rings. The molecule has 0 N–H and O–H groups in total. The molecule has 0 aromatic heterocycles. The molecule has 76 valence electrons. The van der Waals surface area contributed by atoms with Crippen LogP contribution in [0.25, 0.3) is 0 Å². The molecule has 0 saturated heterocycles. The number of hydrogen-bond donors (Lipinski definition) is 0. The third-order valence-electron chi connectivity index (χ3n) is 2.04. The molecule has 1 unspecified atom stereocenters. The molecule has 1 atom stereocenters. The van der Waals surface area contributed by atoms with E-state index < -0.39 is 0 Å². The van der Waals surface area contributed by atoms with Gasteiger partial charge in [-0.05, 0) is 12.1 Å². The van der Waals surface area contributed by atoms with Crippen molar-refractivity contribution in [2.75, 3.05) is 18.1 Å². The van der Waals surface area contributed by atoms with Crippen LogP contribution in [0.3, 0.4) is 0 Å². The molecule has 14 heavy (non-hydrogen) atoms. The highest BCUT2D eigenvalue weighted by atomic mass is 127. The van der Waals surface area contributed by atoms with Gasteiger partial charge in [-0.2, -0.15) is 0 Å². The van der Waals surface area contributed by atoms with E-state index in [2.05, 4.69) is 22.6 Å². The Bertz CT molecular complexity index is 327. The third kappa shape index (κ3) is 1.89. The average molecular weight is 306 g/mol. The third-order valence-corrected chi connectivity index (χ3v) is 3.02. The lowest BCUT2D eigenvalue weighted by molar-refractivity contribution is 0.109. The monoisotopic (exact) mass is 306 g/mol.